The summed E-state index contributed by atoms with van der Waals surface area (Å²) < 4.78 is 4.54. The van der Waals surface area contributed by atoms with Gasteiger partial charge in [0.15, 0.2) is 0 Å². The van der Waals surface area contributed by atoms with Gasteiger partial charge in [0.25, 0.3) is 0 Å². The van der Waals surface area contributed by atoms with Crippen molar-refractivity contribution in [2.24, 2.45) is 5.73 Å². The minimum Gasteiger partial charge on any atom is -0.465 e. The lowest BCUT2D eigenvalue weighted by Gasteiger charge is -2.02. The Morgan fingerprint density at radius 3 is 2.62 bits per heavy atom. The van der Waals surface area contributed by atoms with E-state index in [9.17, 15) is 9.59 Å². The summed E-state index contributed by atoms with van der Waals surface area (Å²) >= 11 is 5.87. The number of esters is 1. The number of primary amides is 1. The van der Waals surface area contributed by atoms with E-state index in [1.807, 2.05) is 0 Å². The van der Waals surface area contributed by atoms with E-state index in [0.29, 0.717) is 5.56 Å². The topological polar surface area (TPSA) is 69.4 Å². The lowest BCUT2D eigenvalue weighted by atomic mass is 10.1. The maximum Gasteiger partial charge on any atom is 0.339 e. The van der Waals surface area contributed by atoms with Gasteiger partial charge in [-0.1, -0.05) is 17.7 Å². The maximum atomic E-state index is 11.2. The largest absolute Gasteiger partial charge is 0.465 e. The fourth-order valence-electron chi connectivity index (χ4n) is 1.09. The summed E-state index contributed by atoms with van der Waals surface area (Å²) in [6.07, 6.45) is 2.72. The van der Waals surface area contributed by atoms with Gasteiger partial charge in [-0.25, -0.2) is 4.79 Å². The van der Waals surface area contributed by atoms with Gasteiger partial charge in [-0.15, -0.1) is 0 Å². The highest BCUT2D eigenvalue weighted by molar-refractivity contribution is 6.33. The molecule has 0 aliphatic carbocycles. The maximum absolute atomic E-state index is 11.2. The van der Waals surface area contributed by atoms with Gasteiger partial charge in [0.1, 0.15) is 0 Å². The van der Waals surface area contributed by atoms with Crippen LogP contribution in [0.15, 0.2) is 24.3 Å². The molecule has 0 spiro atoms. The minimum atomic E-state index is -0.548. The highest BCUT2D eigenvalue weighted by atomic mass is 35.5. The van der Waals surface area contributed by atoms with Crippen LogP contribution in [0.4, 0.5) is 0 Å². The van der Waals surface area contributed by atoms with E-state index >= 15 is 0 Å². The predicted octanol–water partition coefficient (Wildman–Crippen LogP) is 1.63. The predicted molar refractivity (Wildman–Crippen MR) is 61.0 cm³/mol. The number of benzene rings is 1. The van der Waals surface area contributed by atoms with Crippen molar-refractivity contribution < 1.29 is 14.3 Å². The van der Waals surface area contributed by atoms with Gasteiger partial charge < -0.3 is 10.5 Å². The Hall–Kier alpha value is -1.81. The molecule has 0 radical (unpaired) electrons. The molecule has 0 aliphatic rings. The first-order valence-electron chi connectivity index (χ1n) is 4.40. The molecule has 0 saturated carbocycles. The molecule has 0 unspecified atom stereocenters. The van der Waals surface area contributed by atoms with Gasteiger partial charge in [0.2, 0.25) is 5.91 Å². The molecule has 0 aliphatic heterocycles. The molecule has 0 bridgehead atoms. The lowest BCUT2D eigenvalue weighted by molar-refractivity contribution is -0.113. The Morgan fingerprint density at radius 1 is 1.44 bits per heavy atom. The monoisotopic (exact) mass is 239 g/mol. The number of nitrogens with two attached hydrogens (primary N) is 1. The molecular weight excluding hydrogens is 230 g/mol. The van der Waals surface area contributed by atoms with Crippen LogP contribution in [0.3, 0.4) is 0 Å². The van der Waals surface area contributed by atoms with Crippen molar-refractivity contribution in [1.82, 2.24) is 0 Å². The van der Waals surface area contributed by atoms with E-state index in [2.05, 4.69) is 4.74 Å². The van der Waals surface area contributed by atoms with Crippen molar-refractivity contribution in [1.29, 1.82) is 0 Å². The molecule has 5 heteroatoms. The van der Waals surface area contributed by atoms with E-state index in [0.717, 1.165) is 0 Å². The number of carbonyl (C=O) groups is 2. The summed E-state index contributed by atoms with van der Waals surface area (Å²) in [7, 11) is 1.28. The molecule has 0 heterocycles. The summed E-state index contributed by atoms with van der Waals surface area (Å²) in [6, 6.07) is 4.71. The highest BCUT2D eigenvalue weighted by Gasteiger charge is 2.09. The van der Waals surface area contributed by atoms with Crippen LogP contribution in [-0.4, -0.2) is 19.0 Å². The van der Waals surface area contributed by atoms with Crippen LogP contribution in [0.25, 0.3) is 6.08 Å². The molecule has 1 aromatic rings. The number of ether oxygens (including phenoxy) is 1. The van der Waals surface area contributed by atoms with E-state index in [1.54, 1.807) is 12.1 Å². The Labute approximate surface area is 97.6 Å². The molecule has 1 aromatic carbocycles. The van der Waals surface area contributed by atoms with Crippen LogP contribution in [0.2, 0.25) is 5.02 Å². The Kier molecular flexibility index (Phi) is 4.08. The van der Waals surface area contributed by atoms with Gasteiger partial charge >= 0.3 is 5.97 Å². The van der Waals surface area contributed by atoms with Crippen LogP contribution >= 0.6 is 11.6 Å². The summed E-state index contributed by atoms with van der Waals surface area (Å²) in [4.78, 5) is 21.7. The van der Waals surface area contributed by atoms with E-state index < -0.39 is 11.9 Å². The van der Waals surface area contributed by atoms with Gasteiger partial charge in [0.05, 0.1) is 17.7 Å². The van der Waals surface area contributed by atoms with Crippen molar-refractivity contribution in [3.8, 4) is 0 Å². The number of hydrogen-bond donors (Lipinski definition) is 1. The first kappa shape index (κ1) is 12.3. The van der Waals surface area contributed by atoms with E-state index in [4.69, 9.17) is 17.3 Å². The zero-order chi connectivity index (χ0) is 12.1. The average molecular weight is 240 g/mol. The molecule has 84 valence electrons. The first-order valence-corrected chi connectivity index (χ1v) is 4.77. The normalized spacial score (nSPS) is 10.4. The molecular formula is C11H10ClNO3. The molecule has 16 heavy (non-hydrogen) atoms. The molecule has 1 rings (SSSR count). The number of amides is 1. The number of halogens is 1. The van der Waals surface area contributed by atoms with Crippen molar-refractivity contribution in [3.63, 3.8) is 0 Å². The summed E-state index contributed by atoms with van der Waals surface area (Å²) in [5.41, 5.74) is 5.90. The lowest BCUT2D eigenvalue weighted by Crippen LogP contribution is -2.05. The average Bonchev–Trinajstić information content (AvgIpc) is 2.25. The SMILES string of the molecule is COC(=O)c1ccc(C=CC(N)=O)cc1Cl. The second-order valence-corrected chi connectivity index (χ2v) is 3.37. The number of carbonyl (C=O) groups excluding carboxylic acids is 2. The van der Waals surface area contributed by atoms with E-state index in [-0.39, 0.29) is 10.6 Å². The smallest absolute Gasteiger partial charge is 0.339 e. The molecule has 0 aromatic heterocycles. The van der Waals surface area contributed by atoms with Crippen LogP contribution in [0.5, 0.6) is 0 Å². The summed E-state index contributed by atoms with van der Waals surface area (Å²) in [5.74, 6) is -1.05. The fourth-order valence-corrected chi connectivity index (χ4v) is 1.36. The molecule has 0 saturated heterocycles. The second-order valence-electron chi connectivity index (χ2n) is 2.97. The van der Waals surface area contributed by atoms with Crippen LogP contribution in [-0.2, 0) is 9.53 Å². The highest BCUT2D eigenvalue weighted by Crippen LogP contribution is 2.19. The standard InChI is InChI=1S/C11H10ClNO3/c1-16-11(15)8-4-2-7(6-9(8)12)3-5-10(13)14/h2-6H,1H3,(H2,13,14). The van der Waals surface area contributed by atoms with Gasteiger partial charge in [-0.3, -0.25) is 4.79 Å². The Morgan fingerprint density at radius 2 is 2.12 bits per heavy atom. The Balaban J connectivity index is 2.99. The van der Waals surface area contributed by atoms with Crippen molar-refractivity contribution in [2.45, 2.75) is 0 Å². The van der Waals surface area contributed by atoms with Crippen LogP contribution in [0.1, 0.15) is 15.9 Å². The Bertz CT molecular complexity index is 455. The third kappa shape index (κ3) is 3.10. The zero-order valence-electron chi connectivity index (χ0n) is 8.57. The van der Waals surface area contributed by atoms with E-state index in [1.165, 1.54) is 25.3 Å². The fraction of sp³-hybridized carbons (Fsp3) is 0.0909. The molecule has 0 atom stereocenters. The van der Waals surface area contributed by atoms with Crippen molar-refractivity contribution in [2.75, 3.05) is 7.11 Å². The first-order chi connectivity index (χ1) is 7.54. The zero-order valence-corrected chi connectivity index (χ0v) is 9.32. The van der Waals surface area contributed by atoms with Crippen LogP contribution < -0.4 is 5.73 Å². The molecule has 1 amide bonds. The molecule has 4 nitrogen and oxygen atoms in total. The summed E-state index contributed by atoms with van der Waals surface area (Å²) in [5, 5.41) is 0.262. The number of hydrogen-bond acceptors (Lipinski definition) is 3. The van der Waals surface area contributed by atoms with Gasteiger partial charge in [-0.2, -0.15) is 0 Å². The second kappa shape index (κ2) is 5.32. The quantitative estimate of drug-likeness (QED) is 0.644. The van der Waals surface area contributed by atoms with Crippen molar-refractivity contribution >= 4 is 29.6 Å². The van der Waals surface area contributed by atoms with Gasteiger partial charge in [-0.05, 0) is 23.8 Å². The number of rotatable bonds is 3. The molecule has 2 N–H and O–H groups in total. The third-order valence-electron chi connectivity index (χ3n) is 1.84. The molecule has 0 fully saturated rings. The number of methoxy groups -OCH3 is 1. The van der Waals surface area contributed by atoms with Gasteiger partial charge in [0, 0.05) is 6.08 Å². The summed E-state index contributed by atoms with van der Waals surface area (Å²) in [6.45, 7) is 0. The van der Waals surface area contributed by atoms with Crippen LogP contribution in [0, 0.1) is 0 Å². The minimum absolute atomic E-state index is 0.262. The third-order valence-corrected chi connectivity index (χ3v) is 2.15. The van der Waals surface area contributed by atoms with Crippen molar-refractivity contribution in [3.05, 3.63) is 40.4 Å².